The van der Waals surface area contributed by atoms with Crippen LogP contribution in [0.2, 0.25) is 0 Å². The molecule has 2 heterocycles. The molecule has 0 spiro atoms. The van der Waals surface area contributed by atoms with Crippen LogP contribution in [0.4, 0.5) is 0 Å². The fourth-order valence-corrected chi connectivity index (χ4v) is 4.40. The van der Waals surface area contributed by atoms with Gasteiger partial charge in [0.15, 0.2) is 5.82 Å². The minimum atomic E-state index is 0.0735. The van der Waals surface area contributed by atoms with Crippen molar-refractivity contribution in [3.05, 3.63) is 70.5 Å². The van der Waals surface area contributed by atoms with E-state index in [9.17, 15) is 4.79 Å². The Kier molecular flexibility index (Phi) is 6.65. The molecule has 0 unspecified atom stereocenters. The van der Waals surface area contributed by atoms with E-state index in [4.69, 9.17) is 5.26 Å². The van der Waals surface area contributed by atoms with E-state index in [1.165, 1.54) is 5.56 Å². The second-order valence-electron chi connectivity index (χ2n) is 8.49. The fraction of sp³-hybridized carbons (Fsp3) is 0.385. The first kappa shape index (κ1) is 21.8. The molecule has 1 aliphatic heterocycles. The maximum atomic E-state index is 13.3. The number of nitriles is 1. The minimum absolute atomic E-state index is 0.0735. The molecule has 6 nitrogen and oxygen atoms in total. The Morgan fingerprint density at radius 1 is 1.19 bits per heavy atom. The van der Waals surface area contributed by atoms with Crippen LogP contribution in [0.25, 0.3) is 11.4 Å². The third-order valence-electron chi connectivity index (χ3n) is 6.40. The summed E-state index contributed by atoms with van der Waals surface area (Å²) in [5.41, 5.74) is 4.48. The summed E-state index contributed by atoms with van der Waals surface area (Å²) in [6.45, 7) is 5.60. The van der Waals surface area contributed by atoms with Crippen LogP contribution in [0.15, 0.2) is 42.5 Å². The van der Waals surface area contributed by atoms with Gasteiger partial charge in [-0.25, -0.2) is 4.98 Å². The zero-order valence-electron chi connectivity index (χ0n) is 18.8. The average molecular weight is 428 g/mol. The van der Waals surface area contributed by atoms with Crippen LogP contribution in [-0.2, 0) is 6.42 Å². The van der Waals surface area contributed by atoms with Crippen molar-refractivity contribution >= 4 is 5.91 Å². The van der Waals surface area contributed by atoms with Crippen LogP contribution in [0.1, 0.15) is 71.4 Å². The zero-order chi connectivity index (χ0) is 22.5. The van der Waals surface area contributed by atoms with Gasteiger partial charge in [-0.15, -0.1) is 0 Å². The molecule has 3 aromatic rings. The molecule has 2 aromatic carbocycles. The second-order valence-corrected chi connectivity index (χ2v) is 8.49. The highest BCUT2D eigenvalue weighted by Crippen LogP contribution is 2.30. The number of benzene rings is 2. The highest BCUT2D eigenvalue weighted by atomic mass is 16.2. The average Bonchev–Trinajstić information content (AvgIpc) is 3.31. The van der Waals surface area contributed by atoms with Crippen LogP contribution in [0.3, 0.4) is 0 Å². The number of H-pyrrole nitrogens is 1. The zero-order valence-corrected chi connectivity index (χ0v) is 18.8. The number of amides is 1. The number of hydrogen-bond donors (Lipinski definition) is 1. The molecule has 1 aliphatic rings. The van der Waals surface area contributed by atoms with Crippen LogP contribution in [0.5, 0.6) is 0 Å². The molecule has 1 N–H and O–H groups in total. The number of aromatic amines is 1. The number of likely N-dealkylation sites (tertiary alicyclic amines) is 1. The van der Waals surface area contributed by atoms with Gasteiger partial charge in [0, 0.05) is 30.6 Å². The molecular formula is C26H29N5O. The van der Waals surface area contributed by atoms with Crippen molar-refractivity contribution in [2.75, 3.05) is 13.1 Å². The Morgan fingerprint density at radius 3 is 2.62 bits per heavy atom. The topological polar surface area (TPSA) is 85.7 Å². The molecule has 6 heteroatoms. The van der Waals surface area contributed by atoms with Gasteiger partial charge in [-0.05, 0) is 61.4 Å². The van der Waals surface area contributed by atoms with Crippen molar-refractivity contribution in [1.29, 1.82) is 5.26 Å². The Morgan fingerprint density at radius 2 is 1.94 bits per heavy atom. The Balaban J connectivity index is 1.45. The maximum Gasteiger partial charge on any atom is 0.254 e. The predicted octanol–water partition coefficient (Wildman–Crippen LogP) is 5.01. The van der Waals surface area contributed by atoms with E-state index in [-0.39, 0.29) is 5.91 Å². The van der Waals surface area contributed by atoms with E-state index < -0.39 is 0 Å². The van der Waals surface area contributed by atoms with Crippen LogP contribution in [0, 0.1) is 18.3 Å². The summed E-state index contributed by atoms with van der Waals surface area (Å²) < 4.78 is 0. The van der Waals surface area contributed by atoms with Crippen molar-refractivity contribution < 1.29 is 4.79 Å². The first-order chi connectivity index (χ1) is 15.6. The number of unbranched alkanes of at least 4 members (excludes halogenated alkanes) is 1. The molecule has 1 saturated heterocycles. The van der Waals surface area contributed by atoms with Crippen LogP contribution >= 0.6 is 0 Å². The normalized spacial score (nSPS) is 14.3. The summed E-state index contributed by atoms with van der Waals surface area (Å²) in [7, 11) is 0. The molecular weight excluding hydrogens is 398 g/mol. The molecule has 0 radical (unpaired) electrons. The summed E-state index contributed by atoms with van der Waals surface area (Å²) in [4.78, 5) is 19.9. The van der Waals surface area contributed by atoms with Crippen molar-refractivity contribution in [2.45, 2.75) is 51.9 Å². The lowest BCUT2D eigenvalue weighted by Crippen LogP contribution is -2.38. The summed E-state index contributed by atoms with van der Waals surface area (Å²) in [5.74, 6) is 2.05. The molecule has 0 saturated carbocycles. The third kappa shape index (κ3) is 4.57. The van der Waals surface area contributed by atoms with E-state index in [0.29, 0.717) is 17.3 Å². The summed E-state index contributed by atoms with van der Waals surface area (Å²) in [6.07, 6.45) is 4.93. The molecule has 4 rings (SSSR count). The lowest BCUT2D eigenvalue weighted by atomic mass is 9.88. The first-order valence-corrected chi connectivity index (χ1v) is 11.4. The number of piperidine rings is 1. The van der Waals surface area contributed by atoms with Gasteiger partial charge in [0.05, 0.1) is 11.6 Å². The maximum absolute atomic E-state index is 13.3. The van der Waals surface area contributed by atoms with Gasteiger partial charge < -0.3 is 4.90 Å². The van der Waals surface area contributed by atoms with Gasteiger partial charge >= 0.3 is 0 Å². The van der Waals surface area contributed by atoms with Gasteiger partial charge in [-0.2, -0.15) is 10.4 Å². The Hall–Kier alpha value is -3.46. The smallest absolute Gasteiger partial charge is 0.254 e. The van der Waals surface area contributed by atoms with E-state index in [2.05, 4.69) is 28.2 Å². The number of carbonyl (C=O) groups excluding carboxylic acids is 1. The minimum Gasteiger partial charge on any atom is -0.339 e. The molecule has 0 aliphatic carbocycles. The molecule has 0 atom stereocenters. The number of rotatable bonds is 6. The van der Waals surface area contributed by atoms with Crippen LogP contribution in [-0.4, -0.2) is 39.1 Å². The van der Waals surface area contributed by atoms with Gasteiger partial charge in [0.25, 0.3) is 5.91 Å². The lowest BCUT2D eigenvalue weighted by Gasteiger charge is -2.32. The first-order valence-electron chi connectivity index (χ1n) is 11.4. The van der Waals surface area contributed by atoms with E-state index in [1.54, 1.807) is 0 Å². The van der Waals surface area contributed by atoms with E-state index in [0.717, 1.165) is 67.7 Å². The quantitative estimate of drug-likeness (QED) is 0.599. The predicted molar refractivity (Wildman–Crippen MR) is 124 cm³/mol. The molecule has 32 heavy (non-hydrogen) atoms. The molecule has 0 bridgehead atoms. The third-order valence-corrected chi connectivity index (χ3v) is 6.40. The Labute approximate surface area is 189 Å². The monoisotopic (exact) mass is 427 g/mol. The SMILES string of the molecule is CCCCc1nc(-c2cccc(C(=O)N3CCC(c4ccc(C#N)cc4)CC3)c2C)n[nH]1. The van der Waals surface area contributed by atoms with Crippen molar-refractivity contribution in [3.63, 3.8) is 0 Å². The van der Waals surface area contributed by atoms with Gasteiger partial charge in [0.1, 0.15) is 5.82 Å². The van der Waals surface area contributed by atoms with Crippen LogP contribution < -0.4 is 0 Å². The van der Waals surface area contributed by atoms with Crippen molar-refractivity contribution in [1.82, 2.24) is 20.1 Å². The largest absolute Gasteiger partial charge is 0.339 e. The summed E-state index contributed by atoms with van der Waals surface area (Å²) >= 11 is 0. The number of nitrogens with zero attached hydrogens (tertiary/aromatic N) is 4. The number of nitrogens with one attached hydrogen (secondary N) is 1. The fourth-order valence-electron chi connectivity index (χ4n) is 4.40. The second kappa shape index (κ2) is 9.78. The van der Waals surface area contributed by atoms with E-state index in [1.807, 2.05) is 54.3 Å². The molecule has 1 aromatic heterocycles. The highest BCUT2D eigenvalue weighted by Gasteiger charge is 2.26. The van der Waals surface area contributed by atoms with Crippen molar-refractivity contribution in [2.24, 2.45) is 0 Å². The number of aromatic nitrogens is 3. The summed E-state index contributed by atoms with van der Waals surface area (Å²) in [6, 6.07) is 15.8. The standard InChI is InChI=1S/C26H29N5O/c1-3-4-8-24-28-25(30-29-24)22-6-5-7-23(18(22)2)26(32)31-15-13-21(14-16-31)20-11-9-19(17-27)10-12-20/h5-7,9-12,21H,3-4,8,13-16H2,1-2H3,(H,28,29,30). The highest BCUT2D eigenvalue weighted by molar-refractivity contribution is 5.97. The van der Waals surface area contributed by atoms with E-state index >= 15 is 0 Å². The van der Waals surface area contributed by atoms with Crippen molar-refractivity contribution in [3.8, 4) is 17.5 Å². The van der Waals surface area contributed by atoms with Gasteiger partial charge in [-0.1, -0.05) is 37.6 Å². The Bertz CT molecular complexity index is 1120. The summed E-state index contributed by atoms with van der Waals surface area (Å²) in [5, 5.41) is 16.4. The number of hydrogen-bond acceptors (Lipinski definition) is 4. The lowest BCUT2D eigenvalue weighted by molar-refractivity contribution is 0.0712. The number of carbonyl (C=O) groups is 1. The van der Waals surface area contributed by atoms with Gasteiger partial charge in [0.2, 0.25) is 0 Å². The molecule has 164 valence electrons. The number of aryl methyl sites for hydroxylation is 1. The van der Waals surface area contributed by atoms with Gasteiger partial charge in [-0.3, -0.25) is 9.89 Å². The molecule has 1 fully saturated rings. The molecule has 1 amide bonds.